The van der Waals surface area contributed by atoms with Crippen LogP contribution in [0.2, 0.25) is 0 Å². The van der Waals surface area contributed by atoms with Gasteiger partial charge in [0.1, 0.15) is 0 Å². The van der Waals surface area contributed by atoms with E-state index in [-0.39, 0.29) is 36.5 Å². The zero-order valence-electron chi connectivity index (χ0n) is 31.8. The van der Waals surface area contributed by atoms with E-state index >= 15 is 0 Å². The van der Waals surface area contributed by atoms with Gasteiger partial charge in [-0.05, 0) is 46.2 Å². The van der Waals surface area contributed by atoms with Crippen LogP contribution < -0.4 is 10.6 Å². The lowest BCUT2D eigenvalue weighted by Gasteiger charge is -2.44. The third kappa shape index (κ3) is 11.1. The van der Waals surface area contributed by atoms with E-state index in [1.165, 1.54) is 12.5 Å². The fourth-order valence-corrected chi connectivity index (χ4v) is 7.46. The topological polar surface area (TPSA) is 103 Å². The molecular weight excluding hydrogens is 677 g/mol. The number of piperazine rings is 1. The number of nitrogens with zero attached hydrogens (tertiary/aromatic N) is 2. The average Bonchev–Trinajstić information content (AvgIpc) is 3.20. The van der Waals surface area contributed by atoms with Crippen molar-refractivity contribution < 1.29 is 24.2 Å². The maximum Gasteiger partial charge on any atom is 0.220 e. The lowest BCUT2D eigenvalue weighted by atomic mass is 9.89. The average molecular weight is 733 g/mol. The molecule has 0 aromatic heterocycles. The maximum absolute atomic E-state index is 12.6. The Morgan fingerprint density at radius 1 is 0.741 bits per heavy atom. The molecule has 0 aliphatic carbocycles. The summed E-state index contributed by atoms with van der Waals surface area (Å²) in [5.41, 5.74) is 7.47. The second kappa shape index (κ2) is 19.8. The maximum atomic E-state index is 12.6. The van der Waals surface area contributed by atoms with E-state index < -0.39 is 6.29 Å². The Balaban J connectivity index is 1.10. The monoisotopic (exact) mass is 732 g/mol. The Kier molecular flexibility index (Phi) is 14.4. The van der Waals surface area contributed by atoms with Crippen molar-refractivity contribution in [3.8, 4) is 11.1 Å². The van der Waals surface area contributed by atoms with Gasteiger partial charge in [0.15, 0.2) is 6.29 Å². The van der Waals surface area contributed by atoms with Gasteiger partial charge in [-0.2, -0.15) is 0 Å². The van der Waals surface area contributed by atoms with Crippen LogP contribution in [0.5, 0.6) is 0 Å². The van der Waals surface area contributed by atoms with E-state index in [0.717, 1.165) is 91.9 Å². The minimum atomic E-state index is -0.532. The van der Waals surface area contributed by atoms with Gasteiger partial charge in [0.25, 0.3) is 0 Å². The zero-order valence-corrected chi connectivity index (χ0v) is 31.8. The van der Waals surface area contributed by atoms with E-state index in [2.05, 4.69) is 106 Å². The van der Waals surface area contributed by atoms with Crippen LogP contribution in [0.3, 0.4) is 0 Å². The van der Waals surface area contributed by atoms with Gasteiger partial charge >= 0.3 is 0 Å². The van der Waals surface area contributed by atoms with E-state index in [9.17, 15) is 14.7 Å². The summed E-state index contributed by atoms with van der Waals surface area (Å²) in [6, 6.07) is 35.4. The summed E-state index contributed by atoms with van der Waals surface area (Å²) in [5.74, 6) is 0.128. The quantitative estimate of drug-likeness (QED) is 0.109. The van der Waals surface area contributed by atoms with Crippen molar-refractivity contribution in [2.24, 2.45) is 5.92 Å². The van der Waals surface area contributed by atoms with Gasteiger partial charge < -0.3 is 25.2 Å². The van der Waals surface area contributed by atoms with Crippen LogP contribution in [-0.2, 0) is 38.8 Å². The lowest BCUT2D eigenvalue weighted by molar-refractivity contribution is -0.276. The van der Waals surface area contributed by atoms with Gasteiger partial charge in [-0.15, -0.1) is 0 Å². The normalized spacial score (nSPS) is 20.7. The van der Waals surface area contributed by atoms with Crippen molar-refractivity contribution in [2.45, 2.75) is 77.7 Å². The van der Waals surface area contributed by atoms with Gasteiger partial charge in [-0.1, -0.05) is 116 Å². The predicted molar refractivity (Wildman–Crippen MR) is 212 cm³/mol. The number of aliphatic hydroxyl groups excluding tert-OH is 1. The van der Waals surface area contributed by atoms with Crippen LogP contribution >= 0.6 is 0 Å². The number of ether oxygens (including phenoxy) is 2. The zero-order chi connectivity index (χ0) is 37.7. The molecule has 9 nitrogen and oxygen atoms in total. The second-order valence-corrected chi connectivity index (χ2v) is 14.7. The highest BCUT2D eigenvalue weighted by Crippen LogP contribution is 2.42. The number of carbonyl (C=O) groups excluding carboxylic acids is 2. The van der Waals surface area contributed by atoms with Gasteiger partial charge in [-0.3, -0.25) is 19.4 Å². The van der Waals surface area contributed by atoms with Crippen molar-refractivity contribution in [1.82, 2.24) is 20.4 Å². The van der Waals surface area contributed by atoms with E-state index in [4.69, 9.17) is 9.47 Å². The fourth-order valence-electron chi connectivity index (χ4n) is 7.46. The smallest absolute Gasteiger partial charge is 0.220 e. The molecule has 2 heterocycles. The Morgan fingerprint density at radius 2 is 1.43 bits per heavy atom. The Hall–Kier alpha value is -4.38. The molecule has 4 aromatic carbocycles. The van der Waals surface area contributed by atoms with Crippen molar-refractivity contribution in [3.05, 3.63) is 131 Å². The first-order valence-corrected chi connectivity index (χ1v) is 19.5. The first-order valence-electron chi connectivity index (χ1n) is 19.5. The first-order chi connectivity index (χ1) is 26.4. The van der Waals surface area contributed by atoms with Gasteiger partial charge in [-0.25, -0.2) is 0 Å². The minimum absolute atomic E-state index is 0.00986. The molecule has 286 valence electrons. The molecular formula is C45H56N4O5. The van der Waals surface area contributed by atoms with Crippen molar-refractivity contribution >= 4 is 11.8 Å². The number of hydrogen-bond acceptors (Lipinski definition) is 7. The third-order valence-electron chi connectivity index (χ3n) is 10.7. The summed E-state index contributed by atoms with van der Waals surface area (Å²) >= 11 is 0. The summed E-state index contributed by atoms with van der Waals surface area (Å²) < 4.78 is 13.6. The number of aliphatic hydroxyl groups is 1. The van der Waals surface area contributed by atoms with Crippen LogP contribution in [0.15, 0.2) is 103 Å². The van der Waals surface area contributed by atoms with Crippen LogP contribution in [0.25, 0.3) is 11.1 Å². The standard InChI is InChI=1S/C45H56N4O5/c1-33-42(31-49-27-25-48(26-28-49)30-35-11-5-3-6-12-35)53-45(54-44(33)38-18-16-36(32-50)17-19-38)39-22-20-37(21-23-39)41-14-9-8-13-40(41)29-47-43(52)15-7-4-10-24-46-34(2)51/h3,5-6,8-9,11-14,16-23,33,42,44-45,50H,4,7,10,15,24-32H2,1-2H3,(H,46,51)(H,47,52)/t33-,42+,44+,45+/m0/s1. The lowest BCUT2D eigenvalue weighted by Crippen LogP contribution is -2.51. The van der Waals surface area contributed by atoms with Crippen LogP contribution in [0, 0.1) is 5.92 Å². The molecule has 2 aliphatic heterocycles. The molecule has 0 radical (unpaired) electrons. The number of nitrogens with one attached hydrogen (secondary N) is 2. The Morgan fingerprint density at radius 3 is 2.15 bits per heavy atom. The summed E-state index contributed by atoms with van der Waals surface area (Å²) in [6.07, 6.45) is 2.29. The van der Waals surface area contributed by atoms with Crippen LogP contribution in [0.4, 0.5) is 0 Å². The summed E-state index contributed by atoms with van der Waals surface area (Å²) in [5, 5.41) is 15.6. The van der Waals surface area contributed by atoms with Gasteiger partial charge in [0.2, 0.25) is 11.8 Å². The van der Waals surface area contributed by atoms with Crippen molar-refractivity contribution in [2.75, 3.05) is 39.3 Å². The summed E-state index contributed by atoms with van der Waals surface area (Å²) in [7, 11) is 0. The Bertz CT molecular complexity index is 1760. The van der Waals surface area contributed by atoms with Gasteiger partial charge in [0, 0.05) is 77.2 Å². The molecule has 2 amide bonds. The molecule has 0 saturated carbocycles. The third-order valence-corrected chi connectivity index (χ3v) is 10.7. The van der Waals surface area contributed by atoms with E-state index in [1.807, 2.05) is 24.3 Å². The largest absolute Gasteiger partial charge is 0.392 e. The van der Waals surface area contributed by atoms with Crippen LogP contribution in [0.1, 0.15) is 79.7 Å². The number of benzene rings is 4. The molecule has 3 N–H and O–H groups in total. The molecule has 0 spiro atoms. The molecule has 0 unspecified atom stereocenters. The van der Waals surface area contributed by atoms with Gasteiger partial charge in [0.05, 0.1) is 18.8 Å². The molecule has 4 atom stereocenters. The molecule has 0 bridgehead atoms. The van der Waals surface area contributed by atoms with Crippen LogP contribution in [-0.4, -0.2) is 72.1 Å². The molecule has 54 heavy (non-hydrogen) atoms. The highest BCUT2D eigenvalue weighted by Gasteiger charge is 2.39. The second-order valence-electron chi connectivity index (χ2n) is 14.7. The van der Waals surface area contributed by atoms with Crippen molar-refractivity contribution in [1.29, 1.82) is 0 Å². The first kappa shape index (κ1) is 39.3. The number of hydrogen-bond donors (Lipinski definition) is 3. The number of rotatable bonds is 16. The number of carbonyl (C=O) groups is 2. The highest BCUT2D eigenvalue weighted by molar-refractivity contribution is 5.76. The van der Waals surface area contributed by atoms with E-state index in [1.54, 1.807) is 0 Å². The highest BCUT2D eigenvalue weighted by atomic mass is 16.7. The molecule has 2 saturated heterocycles. The Labute approximate surface area is 320 Å². The van der Waals surface area contributed by atoms with Crippen molar-refractivity contribution in [3.63, 3.8) is 0 Å². The minimum Gasteiger partial charge on any atom is -0.392 e. The molecule has 4 aromatic rings. The number of unbranched alkanes of at least 4 members (excludes halogenated alkanes) is 2. The number of amides is 2. The summed E-state index contributed by atoms with van der Waals surface area (Å²) in [4.78, 5) is 28.7. The molecule has 9 heteroatoms. The molecule has 2 fully saturated rings. The molecule has 2 aliphatic rings. The summed E-state index contributed by atoms with van der Waals surface area (Å²) in [6.45, 7) is 10.7. The predicted octanol–water partition coefficient (Wildman–Crippen LogP) is 6.77. The SMILES string of the molecule is CC(=O)NCCCCCC(=O)NCc1ccccc1-c1ccc([C@@H]2O[C@H](CN3CCN(Cc4ccccc4)CC3)[C@H](C)[C@H](c3ccc(CO)cc3)O2)cc1. The molecule has 6 rings (SSSR count). The van der Waals surface area contributed by atoms with E-state index in [0.29, 0.717) is 19.5 Å². The fraction of sp³-hybridized carbons (Fsp3) is 0.422.